The van der Waals surface area contributed by atoms with E-state index >= 15 is 0 Å². The molecule has 0 saturated heterocycles. The highest BCUT2D eigenvalue weighted by Crippen LogP contribution is 2.24. The number of hydrogen-bond donors (Lipinski definition) is 1. The van der Waals surface area contributed by atoms with Crippen molar-refractivity contribution in [1.82, 2.24) is 15.3 Å². The van der Waals surface area contributed by atoms with Crippen molar-refractivity contribution in [3.8, 4) is 5.75 Å². The van der Waals surface area contributed by atoms with E-state index in [1.807, 2.05) is 44.4 Å². The molecule has 1 atom stereocenters. The molecule has 0 aliphatic carbocycles. The maximum atomic E-state index is 5.43. The summed E-state index contributed by atoms with van der Waals surface area (Å²) in [5.41, 5.74) is 4.19. The fraction of sp³-hybridized carbons (Fsp3) is 0.375. The van der Waals surface area contributed by atoms with Gasteiger partial charge in [-0.25, -0.2) is 0 Å². The second-order valence-electron chi connectivity index (χ2n) is 4.90. The third kappa shape index (κ3) is 3.14. The summed E-state index contributed by atoms with van der Waals surface area (Å²) in [4.78, 5) is 8.84. The summed E-state index contributed by atoms with van der Waals surface area (Å²) in [7, 11) is 1.70. The highest BCUT2D eigenvalue weighted by atomic mass is 16.5. The minimum atomic E-state index is 0.185. The highest BCUT2D eigenvalue weighted by molar-refractivity contribution is 5.41. The summed E-state index contributed by atoms with van der Waals surface area (Å²) in [5.74, 6) is 0.919. The van der Waals surface area contributed by atoms with Crippen LogP contribution < -0.4 is 10.1 Å². The van der Waals surface area contributed by atoms with Crippen molar-refractivity contribution in [3.63, 3.8) is 0 Å². The highest BCUT2D eigenvalue weighted by Gasteiger charge is 2.11. The number of methoxy groups -OCH3 is 1. The molecule has 4 nitrogen and oxygen atoms in total. The Morgan fingerprint density at radius 3 is 2.70 bits per heavy atom. The van der Waals surface area contributed by atoms with Gasteiger partial charge in [0.25, 0.3) is 0 Å². The van der Waals surface area contributed by atoms with Gasteiger partial charge >= 0.3 is 0 Å². The third-order valence-corrected chi connectivity index (χ3v) is 3.46. The zero-order valence-corrected chi connectivity index (χ0v) is 12.5. The molecular formula is C16H21N3O. The summed E-state index contributed by atoms with van der Waals surface area (Å²) >= 11 is 0. The van der Waals surface area contributed by atoms with Gasteiger partial charge in [-0.1, -0.05) is 6.07 Å². The molecule has 0 spiro atoms. The maximum Gasteiger partial charge on any atom is 0.128 e. The molecule has 0 saturated carbocycles. The van der Waals surface area contributed by atoms with Crippen molar-refractivity contribution in [3.05, 3.63) is 53.1 Å². The van der Waals surface area contributed by atoms with Crippen LogP contribution in [0.5, 0.6) is 5.75 Å². The van der Waals surface area contributed by atoms with Crippen molar-refractivity contribution in [2.24, 2.45) is 0 Å². The number of ether oxygens (including phenoxy) is 1. The molecule has 2 aromatic heterocycles. The number of nitrogens with one attached hydrogen (secondary N) is 1. The molecule has 2 heterocycles. The average molecular weight is 271 g/mol. The Hall–Kier alpha value is -1.94. The van der Waals surface area contributed by atoms with Crippen molar-refractivity contribution >= 4 is 0 Å². The molecule has 0 amide bonds. The smallest absolute Gasteiger partial charge is 0.128 e. The van der Waals surface area contributed by atoms with Crippen LogP contribution in [0.25, 0.3) is 0 Å². The molecule has 2 aromatic rings. The first kappa shape index (κ1) is 14.5. The van der Waals surface area contributed by atoms with Crippen LogP contribution in [0.2, 0.25) is 0 Å². The van der Waals surface area contributed by atoms with E-state index in [0.717, 1.165) is 28.3 Å². The Kier molecular flexibility index (Phi) is 4.69. The monoisotopic (exact) mass is 271 g/mol. The van der Waals surface area contributed by atoms with Crippen LogP contribution in [-0.2, 0) is 6.54 Å². The molecule has 0 aliphatic rings. The number of aryl methyl sites for hydroxylation is 1. The van der Waals surface area contributed by atoms with Gasteiger partial charge in [0.2, 0.25) is 0 Å². The molecule has 0 fully saturated rings. The Labute approximate surface area is 120 Å². The summed E-state index contributed by atoms with van der Waals surface area (Å²) in [6, 6.07) is 6.13. The quantitative estimate of drug-likeness (QED) is 0.908. The second-order valence-corrected chi connectivity index (χ2v) is 4.90. The Bertz CT molecular complexity index is 569. The largest absolute Gasteiger partial charge is 0.496 e. The predicted octanol–water partition coefficient (Wildman–Crippen LogP) is 2.95. The Morgan fingerprint density at radius 2 is 2.05 bits per heavy atom. The molecule has 2 rings (SSSR count). The molecule has 4 heteroatoms. The van der Waals surface area contributed by atoms with Crippen molar-refractivity contribution in [2.45, 2.75) is 33.4 Å². The summed E-state index contributed by atoms with van der Waals surface area (Å²) in [6.07, 6.45) is 3.67. The van der Waals surface area contributed by atoms with E-state index in [1.165, 1.54) is 0 Å². The van der Waals surface area contributed by atoms with Gasteiger partial charge in [-0.3, -0.25) is 9.97 Å². The number of nitrogens with zero attached hydrogens (tertiary/aromatic N) is 2. The summed E-state index contributed by atoms with van der Waals surface area (Å²) in [5, 5.41) is 3.45. The molecule has 0 bridgehead atoms. The standard InChI is InChI=1S/C16H21N3O/c1-11-9-19-15(12(2)16(11)20-4)10-18-13(3)14-7-5-6-8-17-14/h5-9,13,18H,10H2,1-4H3/t13-/m0/s1. The first-order valence-corrected chi connectivity index (χ1v) is 6.77. The van der Waals surface area contributed by atoms with Gasteiger partial charge in [-0.05, 0) is 32.9 Å². The first-order valence-electron chi connectivity index (χ1n) is 6.77. The van der Waals surface area contributed by atoms with Gasteiger partial charge in [0.05, 0.1) is 18.5 Å². The molecule has 0 radical (unpaired) electrons. The van der Waals surface area contributed by atoms with E-state index in [2.05, 4.69) is 22.2 Å². The minimum absolute atomic E-state index is 0.185. The lowest BCUT2D eigenvalue weighted by atomic mass is 10.1. The first-order chi connectivity index (χ1) is 9.63. The van der Waals surface area contributed by atoms with Crippen molar-refractivity contribution < 1.29 is 4.74 Å². The number of aromatic nitrogens is 2. The minimum Gasteiger partial charge on any atom is -0.496 e. The zero-order valence-electron chi connectivity index (χ0n) is 12.5. The van der Waals surface area contributed by atoms with E-state index < -0.39 is 0 Å². The van der Waals surface area contributed by atoms with E-state index in [4.69, 9.17) is 4.74 Å². The van der Waals surface area contributed by atoms with Crippen molar-refractivity contribution in [2.75, 3.05) is 7.11 Å². The Balaban J connectivity index is 2.08. The summed E-state index contributed by atoms with van der Waals surface area (Å²) < 4.78 is 5.43. The summed E-state index contributed by atoms with van der Waals surface area (Å²) in [6.45, 7) is 6.84. The lowest BCUT2D eigenvalue weighted by Crippen LogP contribution is -2.20. The number of rotatable bonds is 5. The molecular weight excluding hydrogens is 250 g/mol. The van der Waals surface area contributed by atoms with Crippen LogP contribution >= 0.6 is 0 Å². The molecule has 0 unspecified atom stereocenters. The van der Waals surface area contributed by atoms with Crippen LogP contribution in [0, 0.1) is 13.8 Å². The zero-order chi connectivity index (χ0) is 14.5. The lowest BCUT2D eigenvalue weighted by Gasteiger charge is -2.16. The van der Waals surface area contributed by atoms with E-state index in [1.54, 1.807) is 7.11 Å². The van der Waals surface area contributed by atoms with E-state index in [0.29, 0.717) is 6.54 Å². The van der Waals surface area contributed by atoms with Gasteiger partial charge < -0.3 is 10.1 Å². The maximum absolute atomic E-state index is 5.43. The fourth-order valence-electron chi connectivity index (χ4n) is 2.24. The van der Waals surface area contributed by atoms with Crippen molar-refractivity contribution in [1.29, 1.82) is 0 Å². The van der Waals surface area contributed by atoms with Crippen LogP contribution in [0.1, 0.15) is 35.5 Å². The van der Waals surface area contributed by atoms with Crippen LogP contribution in [0.15, 0.2) is 30.6 Å². The van der Waals surface area contributed by atoms with Gasteiger partial charge in [-0.2, -0.15) is 0 Å². The van der Waals surface area contributed by atoms with Gasteiger partial charge in [0, 0.05) is 36.1 Å². The van der Waals surface area contributed by atoms with Gasteiger partial charge in [0.1, 0.15) is 5.75 Å². The van der Waals surface area contributed by atoms with Gasteiger partial charge in [0.15, 0.2) is 0 Å². The van der Waals surface area contributed by atoms with E-state index in [-0.39, 0.29) is 6.04 Å². The van der Waals surface area contributed by atoms with Crippen LogP contribution in [-0.4, -0.2) is 17.1 Å². The van der Waals surface area contributed by atoms with Gasteiger partial charge in [-0.15, -0.1) is 0 Å². The van der Waals surface area contributed by atoms with Crippen LogP contribution in [0.4, 0.5) is 0 Å². The molecule has 20 heavy (non-hydrogen) atoms. The van der Waals surface area contributed by atoms with E-state index in [9.17, 15) is 0 Å². The number of pyridine rings is 2. The molecule has 0 aromatic carbocycles. The van der Waals surface area contributed by atoms with Crippen LogP contribution in [0.3, 0.4) is 0 Å². The fourth-order valence-corrected chi connectivity index (χ4v) is 2.24. The second kappa shape index (κ2) is 6.48. The topological polar surface area (TPSA) is 47.0 Å². The predicted molar refractivity (Wildman–Crippen MR) is 79.8 cm³/mol. The third-order valence-electron chi connectivity index (χ3n) is 3.46. The Morgan fingerprint density at radius 1 is 1.25 bits per heavy atom. The average Bonchev–Trinajstić information content (AvgIpc) is 2.47. The molecule has 106 valence electrons. The number of hydrogen-bond acceptors (Lipinski definition) is 4. The molecule has 1 N–H and O–H groups in total. The normalized spacial score (nSPS) is 12.2. The lowest BCUT2D eigenvalue weighted by molar-refractivity contribution is 0.406. The molecule has 0 aliphatic heterocycles. The SMILES string of the molecule is COc1c(C)cnc(CN[C@@H](C)c2ccccn2)c1C.